The predicted molar refractivity (Wildman–Crippen MR) is 111 cm³/mol. The van der Waals surface area contributed by atoms with Gasteiger partial charge in [0.25, 0.3) is 5.91 Å². The Hall–Kier alpha value is -2.67. The summed E-state index contributed by atoms with van der Waals surface area (Å²) in [5.41, 5.74) is 2.76. The molecule has 0 radical (unpaired) electrons. The molecule has 1 aliphatic heterocycles. The molecule has 2 heterocycles. The summed E-state index contributed by atoms with van der Waals surface area (Å²) < 4.78 is 1.69. The number of amides is 3. The second kappa shape index (κ2) is 7.63. The van der Waals surface area contributed by atoms with Crippen molar-refractivity contribution in [2.75, 3.05) is 0 Å². The first-order chi connectivity index (χ1) is 13.9. The Kier molecular flexibility index (Phi) is 5.17. The summed E-state index contributed by atoms with van der Waals surface area (Å²) in [7, 11) is 0. The van der Waals surface area contributed by atoms with E-state index in [0.717, 1.165) is 29.8 Å². The summed E-state index contributed by atoms with van der Waals surface area (Å²) >= 11 is 6.52. The first kappa shape index (κ1) is 19.6. The van der Waals surface area contributed by atoms with E-state index in [2.05, 4.69) is 15.5 Å². The number of aromatic nitrogens is 2. The number of hydrazone groups is 1. The first-order valence-electron chi connectivity index (χ1n) is 9.89. The maximum absolute atomic E-state index is 12.8. The molecule has 1 aromatic carbocycles. The largest absolute Gasteiger partial charge is 0.346 e. The van der Waals surface area contributed by atoms with Crippen molar-refractivity contribution in [1.29, 1.82) is 0 Å². The number of rotatable bonds is 4. The summed E-state index contributed by atoms with van der Waals surface area (Å²) in [6, 6.07) is 7.68. The van der Waals surface area contributed by atoms with Crippen molar-refractivity contribution in [3.05, 3.63) is 51.8 Å². The summed E-state index contributed by atoms with van der Waals surface area (Å²) in [5, 5.41) is 12.8. The van der Waals surface area contributed by atoms with E-state index < -0.39 is 11.6 Å². The van der Waals surface area contributed by atoms with Crippen LogP contribution in [0.25, 0.3) is 0 Å². The van der Waals surface area contributed by atoms with Gasteiger partial charge in [-0.05, 0) is 32.3 Å². The average Bonchev–Trinajstić information content (AvgIpc) is 3.09. The van der Waals surface area contributed by atoms with Gasteiger partial charge in [-0.25, -0.2) is 9.48 Å². The molecular formula is C21H24ClN5O2. The van der Waals surface area contributed by atoms with Gasteiger partial charge in [-0.2, -0.15) is 10.2 Å². The van der Waals surface area contributed by atoms with Gasteiger partial charge < -0.3 is 5.32 Å². The molecule has 1 N–H and O–H groups in total. The molecule has 1 aromatic heterocycles. The van der Waals surface area contributed by atoms with E-state index >= 15 is 0 Å². The zero-order chi connectivity index (χ0) is 20.6. The summed E-state index contributed by atoms with van der Waals surface area (Å²) in [5.74, 6) is -0.278. The van der Waals surface area contributed by atoms with E-state index in [4.69, 9.17) is 11.6 Å². The van der Waals surface area contributed by atoms with Crippen LogP contribution in [0, 0.1) is 13.8 Å². The lowest BCUT2D eigenvalue weighted by Gasteiger charge is -2.29. The second-order valence-electron chi connectivity index (χ2n) is 7.87. The fourth-order valence-electron chi connectivity index (χ4n) is 4.01. The number of imide groups is 1. The third kappa shape index (κ3) is 3.67. The van der Waals surface area contributed by atoms with Crippen LogP contribution in [0.3, 0.4) is 0 Å². The maximum atomic E-state index is 12.8. The van der Waals surface area contributed by atoms with Gasteiger partial charge in [0.15, 0.2) is 0 Å². The van der Waals surface area contributed by atoms with Crippen LogP contribution in [0.4, 0.5) is 4.79 Å². The third-order valence-electron chi connectivity index (χ3n) is 5.71. The van der Waals surface area contributed by atoms with Gasteiger partial charge in [0.05, 0.1) is 24.0 Å². The van der Waals surface area contributed by atoms with E-state index in [1.54, 1.807) is 4.68 Å². The van der Waals surface area contributed by atoms with Crippen molar-refractivity contribution in [2.45, 2.75) is 58.0 Å². The van der Waals surface area contributed by atoms with E-state index in [1.807, 2.05) is 38.1 Å². The van der Waals surface area contributed by atoms with Gasteiger partial charge in [0.1, 0.15) is 10.7 Å². The van der Waals surface area contributed by atoms with Gasteiger partial charge in [0, 0.05) is 0 Å². The first-order valence-corrected chi connectivity index (χ1v) is 10.3. The highest BCUT2D eigenvalue weighted by Crippen LogP contribution is 2.33. The summed E-state index contributed by atoms with van der Waals surface area (Å²) in [4.78, 5) is 25.2. The Morgan fingerprint density at radius 1 is 1.17 bits per heavy atom. The monoisotopic (exact) mass is 413 g/mol. The minimum Gasteiger partial charge on any atom is -0.321 e. The Morgan fingerprint density at radius 3 is 2.55 bits per heavy atom. The highest BCUT2D eigenvalue weighted by Gasteiger charge is 2.51. The minimum atomic E-state index is -0.791. The Morgan fingerprint density at radius 2 is 1.86 bits per heavy atom. The van der Waals surface area contributed by atoms with Gasteiger partial charge in [0.2, 0.25) is 0 Å². The zero-order valence-electron chi connectivity index (χ0n) is 16.6. The van der Waals surface area contributed by atoms with E-state index in [-0.39, 0.29) is 5.91 Å². The molecule has 8 heteroatoms. The normalized spacial score (nSPS) is 18.8. The number of carbonyl (C=O) groups excluding carboxylic acids is 2. The van der Waals surface area contributed by atoms with Crippen molar-refractivity contribution in [2.24, 2.45) is 5.10 Å². The molecule has 0 bridgehead atoms. The van der Waals surface area contributed by atoms with Gasteiger partial charge >= 0.3 is 6.03 Å². The Balaban J connectivity index is 1.54. The molecule has 1 aliphatic carbocycles. The molecule has 152 valence electrons. The molecule has 1 saturated heterocycles. The van der Waals surface area contributed by atoms with Crippen molar-refractivity contribution >= 4 is 29.8 Å². The van der Waals surface area contributed by atoms with Crippen LogP contribution in [0.2, 0.25) is 5.15 Å². The number of urea groups is 1. The van der Waals surface area contributed by atoms with Crippen molar-refractivity contribution in [3.8, 4) is 0 Å². The molecule has 3 amide bonds. The third-order valence-corrected chi connectivity index (χ3v) is 6.11. The van der Waals surface area contributed by atoms with E-state index in [9.17, 15) is 9.59 Å². The van der Waals surface area contributed by atoms with Gasteiger partial charge in [-0.3, -0.25) is 4.79 Å². The molecule has 2 aromatic rings. The Labute approximate surface area is 174 Å². The fraction of sp³-hybridized carbons (Fsp3) is 0.429. The van der Waals surface area contributed by atoms with Crippen LogP contribution in [0.5, 0.6) is 0 Å². The summed E-state index contributed by atoms with van der Waals surface area (Å²) in [6.45, 7) is 4.39. The molecule has 1 spiro atoms. The number of nitrogens with one attached hydrogen (secondary N) is 1. The quantitative estimate of drug-likeness (QED) is 0.611. The van der Waals surface area contributed by atoms with Gasteiger partial charge in [-0.15, -0.1) is 5.01 Å². The van der Waals surface area contributed by atoms with Crippen LogP contribution in [0.15, 0.2) is 29.4 Å². The number of hydrogen-bond acceptors (Lipinski definition) is 4. The van der Waals surface area contributed by atoms with Crippen molar-refractivity contribution < 1.29 is 9.59 Å². The molecule has 1 saturated carbocycles. The number of halogens is 1. The molecular weight excluding hydrogens is 390 g/mol. The maximum Gasteiger partial charge on any atom is 0.346 e. The molecule has 29 heavy (non-hydrogen) atoms. The van der Waals surface area contributed by atoms with Crippen LogP contribution in [-0.4, -0.2) is 38.5 Å². The average molecular weight is 414 g/mol. The molecule has 0 unspecified atom stereocenters. The lowest BCUT2D eigenvalue weighted by molar-refractivity contribution is -0.132. The lowest BCUT2D eigenvalue weighted by Crippen LogP contribution is -2.48. The zero-order valence-corrected chi connectivity index (χ0v) is 17.4. The van der Waals surface area contributed by atoms with Crippen molar-refractivity contribution in [1.82, 2.24) is 20.1 Å². The lowest BCUT2D eigenvalue weighted by atomic mass is 9.82. The van der Waals surface area contributed by atoms with Crippen LogP contribution >= 0.6 is 11.6 Å². The SMILES string of the molecule is Cc1ccc(Cn2nc(C)c(/C=N\N3C(=O)NC4(CCCCC4)C3=O)c2Cl)cc1. The molecule has 7 nitrogen and oxygen atoms in total. The standard InChI is InChI=1S/C21H24ClN5O2/c1-14-6-8-16(9-7-14)13-26-18(22)17(15(2)25-26)12-23-27-19(28)21(24-20(27)29)10-4-3-5-11-21/h6-9,12H,3-5,10-11,13H2,1-2H3,(H,24,29)/b23-12-. The number of benzene rings is 1. The molecule has 0 atom stereocenters. The minimum absolute atomic E-state index is 0.278. The topological polar surface area (TPSA) is 79.6 Å². The predicted octanol–water partition coefficient (Wildman–Crippen LogP) is 3.79. The highest BCUT2D eigenvalue weighted by molar-refractivity contribution is 6.32. The molecule has 2 aliphatic rings. The highest BCUT2D eigenvalue weighted by atomic mass is 35.5. The van der Waals surface area contributed by atoms with Gasteiger partial charge in [-0.1, -0.05) is 60.7 Å². The Bertz CT molecular complexity index is 974. The fourth-order valence-corrected chi connectivity index (χ4v) is 4.29. The number of hydrogen-bond donors (Lipinski definition) is 1. The van der Waals surface area contributed by atoms with Crippen molar-refractivity contribution in [3.63, 3.8) is 0 Å². The molecule has 2 fully saturated rings. The second-order valence-corrected chi connectivity index (χ2v) is 8.23. The number of nitrogens with zero attached hydrogens (tertiary/aromatic N) is 4. The number of carbonyl (C=O) groups is 2. The van der Waals surface area contributed by atoms with E-state index in [1.165, 1.54) is 11.8 Å². The van der Waals surface area contributed by atoms with E-state index in [0.29, 0.717) is 35.8 Å². The van der Waals surface area contributed by atoms with Crippen LogP contribution in [0.1, 0.15) is 54.5 Å². The smallest absolute Gasteiger partial charge is 0.321 e. The number of aryl methyl sites for hydroxylation is 2. The van der Waals surface area contributed by atoms with Crippen LogP contribution < -0.4 is 5.32 Å². The molecule has 4 rings (SSSR count). The van der Waals surface area contributed by atoms with Crippen LogP contribution in [-0.2, 0) is 11.3 Å². The summed E-state index contributed by atoms with van der Waals surface area (Å²) in [6.07, 6.45) is 5.73.